The minimum Gasteiger partial charge on any atom is -0.398 e. The van der Waals surface area contributed by atoms with Crippen LogP contribution in [-0.4, -0.2) is 6.54 Å². The highest BCUT2D eigenvalue weighted by Gasteiger charge is 2.19. The van der Waals surface area contributed by atoms with Crippen molar-refractivity contribution in [2.75, 3.05) is 17.2 Å². The van der Waals surface area contributed by atoms with E-state index in [1.54, 1.807) is 6.07 Å². The summed E-state index contributed by atoms with van der Waals surface area (Å²) in [5.41, 5.74) is 9.99. The molecule has 0 spiro atoms. The fraction of sp³-hybridized carbons (Fsp3) is 0.200. The molecule has 2 N–H and O–H groups in total. The SMILES string of the molecule is Nc1ccc(F)cc1CN1CCc2ccccc21. The lowest BCUT2D eigenvalue weighted by Crippen LogP contribution is -2.20. The molecule has 0 aliphatic carbocycles. The summed E-state index contributed by atoms with van der Waals surface area (Å²) in [6.45, 7) is 1.63. The Bertz CT molecular complexity index is 580. The Morgan fingerprint density at radius 3 is 2.89 bits per heavy atom. The Kier molecular flexibility index (Phi) is 2.67. The van der Waals surface area contributed by atoms with Gasteiger partial charge in [-0.25, -0.2) is 4.39 Å². The van der Waals surface area contributed by atoms with E-state index in [0.29, 0.717) is 12.2 Å². The first-order valence-corrected chi connectivity index (χ1v) is 6.11. The van der Waals surface area contributed by atoms with Crippen LogP contribution >= 0.6 is 0 Å². The van der Waals surface area contributed by atoms with Crippen molar-refractivity contribution in [1.29, 1.82) is 0 Å². The average Bonchev–Trinajstić information content (AvgIpc) is 2.78. The van der Waals surface area contributed by atoms with Crippen LogP contribution in [0.5, 0.6) is 0 Å². The molecule has 0 aromatic heterocycles. The number of benzene rings is 2. The third kappa shape index (κ3) is 1.92. The van der Waals surface area contributed by atoms with Crippen LogP contribution in [0, 0.1) is 5.82 Å². The maximum Gasteiger partial charge on any atom is 0.123 e. The van der Waals surface area contributed by atoms with E-state index in [2.05, 4.69) is 23.1 Å². The molecule has 1 aliphatic heterocycles. The van der Waals surface area contributed by atoms with Gasteiger partial charge >= 0.3 is 0 Å². The molecule has 3 rings (SSSR count). The lowest BCUT2D eigenvalue weighted by molar-refractivity contribution is 0.625. The van der Waals surface area contributed by atoms with Gasteiger partial charge in [-0.1, -0.05) is 18.2 Å². The van der Waals surface area contributed by atoms with E-state index in [1.165, 1.54) is 23.4 Å². The first-order chi connectivity index (χ1) is 8.74. The Hall–Kier alpha value is -2.03. The second-order valence-electron chi connectivity index (χ2n) is 4.64. The summed E-state index contributed by atoms with van der Waals surface area (Å²) >= 11 is 0. The van der Waals surface area contributed by atoms with Gasteiger partial charge in [0, 0.05) is 24.5 Å². The number of halogens is 1. The van der Waals surface area contributed by atoms with Gasteiger partial charge in [0.25, 0.3) is 0 Å². The number of hydrogen-bond donors (Lipinski definition) is 1. The summed E-state index contributed by atoms with van der Waals surface area (Å²) in [5, 5.41) is 0. The summed E-state index contributed by atoms with van der Waals surface area (Å²) in [6, 6.07) is 12.9. The van der Waals surface area contributed by atoms with E-state index in [9.17, 15) is 4.39 Å². The lowest BCUT2D eigenvalue weighted by Gasteiger charge is -2.20. The summed E-state index contributed by atoms with van der Waals surface area (Å²) in [7, 11) is 0. The summed E-state index contributed by atoms with van der Waals surface area (Å²) < 4.78 is 13.2. The second kappa shape index (κ2) is 4.33. The van der Waals surface area contributed by atoms with Gasteiger partial charge in [-0.05, 0) is 41.8 Å². The fourth-order valence-corrected chi connectivity index (χ4v) is 2.49. The zero-order valence-electron chi connectivity index (χ0n) is 10.1. The largest absolute Gasteiger partial charge is 0.398 e. The molecular formula is C15H15FN2. The van der Waals surface area contributed by atoms with Crippen molar-refractivity contribution in [2.24, 2.45) is 0 Å². The quantitative estimate of drug-likeness (QED) is 0.820. The van der Waals surface area contributed by atoms with Gasteiger partial charge in [-0.2, -0.15) is 0 Å². The predicted octanol–water partition coefficient (Wildman–Crippen LogP) is 2.97. The molecule has 0 amide bonds. The van der Waals surface area contributed by atoms with E-state index in [1.807, 2.05) is 6.07 Å². The van der Waals surface area contributed by atoms with Gasteiger partial charge in [-0.3, -0.25) is 0 Å². The van der Waals surface area contributed by atoms with E-state index in [0.717, 1.165) is 18.5 Å². The van der Waals surface area contributed by atoms with Crippen LogP contribution in [0.3, 0.4) is 0 Å². The van der Waals surface area contributed by atoms with Gasteiger partial charge < -0.3 is 10.6 Å². The number of nitrogen functional groups attached to an aromatic ring is 1. The minimum absolute atomic E-state index is 0.230. The number of anilines is 2. The summed E-state index contributed by atoms with van der Waals surface area (Å²) in [5.74, 6) is -0.230. The van der Waals surface area contributed by atoms with Crippen molar-refractivity contribution in [3.8, 4) is 0 Å². The number of rotatable bonds is 2. The molecule has 2 nitrogen and oxygen atoms in total. The van der Waals surface area contributed by atoms with Gasteiger partial charge in [-0.15, -0.1) is 0 Å². The number of nitrogens with zero attached hydrogens (tertiary/aromatic N) is 1. The zero-order valence-corrected chi connectivity index (χ0v) is 10.1. The third-order valence-electron chi connectivity index (χ3n) is 3.45. The molecule has 0 unspecified atom stereocenters. The van der Waals surface area contributed by atoms with Crippen LogP contribution in [-0.2, 0) is 13.0 Å². The maximum atomic E-state index is 13.2. The summed E-state index contributed by atoms with van der Waals surface area (Å²) in [4.78, 5) is 2.25. The smallest absolute Gasteiger partial charge is 0.123 e. The molecule has 1 heterocycles. The van der Waals surface area contributed by atoms with Crippen LogP contribution < -0.4 is 10.6 Å². The van der Waals surface area contributed by atoms with Gasteiger partial charge in [0.2, 0.25) is 0 Å². The highest BCUT2D eigenvalue weighted by Crippen LogP contribution is 2.29. The van der Waals surface area contributed by atoms with Gasteiger partial charge in [0.05, 0.1) is 0 Å². The van der Waals surface area contributed by atoms with Crippen LogP contribution in [0.2, 0.25) is 0 Å². The fourth-order valence-electron chi connectivity index (χ4n) is 2.49. The first-order valence-electron chi connectivity index (χ1n) is 6.11. The van der Waals surface area contributed by atoms with E-state index in [4.69, 9.17) is 5.73 Å². The highest BCUT2D eigenvalue weighted by molar-refractivity contribution is 5.59. The van der Waals surface area contributed by atoms with E-state index < -0.39 is 0 Å². The predicted molar refractivity (Wildman–Crippen MR) is 72.0 cm³/mol. The van der Waals surface area contributed by atoms with Crippen molar-refractivity contribution in [1.82, 2.24) is 0 Å². The van der Waals surface area contributed by atoms with Crippen molar-refractivity contribution in [3.63, 3.8) is 0 Å². The minimum atomic E-state index is -0.230. The van der Waals surface area contributed by atoms with E-state index in [-0.39, 0.29) is 5.82 Å². The van der Waals surface area contributed by atoms with Gasteiger partial charge in [0.1, 0.15) is 5.82 Å². The monoisotopic (exact) mass is 242 g/mol. The molecule has 0 saturated heterocycles. The second-order valence-corrected chi connectivity index (χ2v) is 4.64. The van der Waals surface area contributed by atoms with Crippen LogP contribution in [0.4, 0.5) is 15.8 Å². The number of nitrogens with two attached hydrogens (primary N) is 1. The lowest BCUT2D eigenvalue weighted by atomic mass is 10.1. The normalized spacial score (nSPS) is 13.7. The standard InChI is InChI=1S/C15H15FN2/c16-13-5-6-14(17)12(9-13)10-18-8-7-11-3-1-2-4-15(11)18/h1-6,9H,7-8,10,17H2. The third-order valence-corrected chi connectivity index (χ3v) is 3.45. The van der Waals surface area contributed by atoms with Crippen molar-refractivity contribution >= 4 is 11.4 Å². The Balaban J connectivity index is 1.88. The van der Waals surface area contributed by atoms with Gasteiger partial charge in [0.15, 0.2) is 0 Å². The summed E-state index contributed by atoms with van der Waals surface area (Å²) in [6.07, 6.45) is 1.05. The molecule has 2 aromatic rings. The van der Waals surface area contributed by atoms with Crippen LogP contribution in [0.25, 0.3) is 0 Å². The number of para-hydroxylation sites is 1. The van der Waals surface area contributed by atoms with Crippen LogP contribution in [0.1, 0.15) is 11.1 Å². The molecule has 92 valence electrons. The van der Waals surface area contributed by atoms with Crippen molar-refractivity contribution in [3.05, 3.63) is 59.4 Å². The molecule has 0 atom stereocenters. The van der Waals surface area contributed by atoms with Crippen LogP contribution in [0.15, 0.2) is 42.5 Å². The molecule has 0 saturated carbocycles. The zero-order chi connectivity index (χ0) is 12.5. The molecule has 0 bridgehead atoms. The molecule has 1 aliphatic rings. The molecule has 0 radical (unpaired) electrons. The molecule has 3 heteroatoms. The molecule has 2 aromatic carbocycles. The van der Waals surface area contributed by atoms with E-state index >= 15 is 0 Å². The molecule has 18 heavy (non-hydrogen) atoms. The number of hydrogen-bond acceptors (Lipinski definition) is 2. The van der Waals surface area contributed by atoms with Crippen molar-refractivity contribution < 1.29 is 4.39 Å². The highest BCUT2D eigenvalue weighted by atomic mass is 19.1. The Morgan fingerprint density at radius 1 is 1.17 bits per heavy atom. The topological polar surface area (TPSA) is 29.3 Å². The molecular weight excluding hydrogens is 227 g/mol. The van der Waals surface area contributed by atoms with Crippen molar-refractivity contribution in [2.45, 2.75) is 13.0 Å². The number of fused-ring (bicyclic) bond motifs is 1. The molecule has 0 fully saturated rings. The first kappa shape index (κ1) is 11.1. The Morgan fingerprint density at radius 2 is 2.00 bits per heavy atom. The average molecular weight is 242 g/mol. The Labute approximate surface area is 106 Å². The maximum absolute atomic E-state index is 13.2.